The number of hydrogen-bond donors (Lipinski definition) is 0. The summed E-state index contributed by atoms with van der Waals surface area (Å²) in [6, 6.07) is 70.6. The van der Waals surface area contributed by atoms with E-state index in [0.29, 0.717) is 0 Å². The minimum atomic E-state index is 0.0793. The van der Waals surface area contributed by atoms with E-state index >= 15 is 0 Å². The lowest BCUT2D eigenvalue weighted by molar-refractivity contribution is 0.591. The molecular formula is C52H41N3. The third-order valence-electron chi connectivity index (χ3n) is 11.1. The maximum Gasteiger partial charge on any atom is 0.0541 e. The highest BCUT2D eigenvalue weighted by atomic mass is 15.1. The molecular weight excluding hydrogens is 667 g/mol. The standard InChI is InChI=1S/C52H41N3/c1-52(2,3)38-25-33-51-47(35-38)45-19-11-13-21-49(45)55(51)43-30-28-42(29-31-43)53(39-14-6-4-7-15-39)41-26-22-36(23-27-41)37-24-32-50-46(34-37)44-18-10-12-20-48(44)54(50)40-16-8-5-9-17-40/h4-35H,1-3H3. The molecule has 3 heteroatoms. The highest BCUT2D eigenvalue weighted by Gasteiger charge is 2.19. The Labute approximate surface area is 322 Å². The monoisotopic (exact) mass is 707 g/mol. The van der Waals surface area contributed by atoms with E-state index in [1.807, 2.05) is 0 Å². The molecule has 0 atom stereocenters. The molecule has 0 radical (unpaired) electrons. The highest BCUT2D eigenvalue weighted by Crippen LogP contribution is 2.40. The van der Waals surface area contributed by atoms with E-state index in [9.17, 15) is 0 Å². The van der Waals surface area contributed by atoms with E-state index < -0.39 is 0 Å². The summed E-state index contributed by atoms with van der Waals surface area (Å²) in [4.78, 5) is 2.34. The molecule has 0 spiro atoms. The lowest BCUT2D eigenvalue weighted by Crippen LogP contribution is -2.10. The van der Waals surface area contributed by atoms with E-state index in [1.165, 1.54) is 66.0 Å². The van der Waals surface area contributed by atoms with Crippen molar-refractivity contribution in [3.63, 3.8) is 0 Å². The highest BCUT2D eigenvalue weighted by molar-refractivity contribution is 6.11. The van der Waals surface area contributed by atoms with Crippen molar-refractivity contribution in [3.05, 3.63) is 200 Å². The van der Waals surface area contributed by atoms with Crippen molar-refractivity contribution >= 4 is 60.7 Å². The Morgan fingerprint density at radius 1 is 0.345 bits per heavy atom. The van der Waals surface area contributed by atoms with Crippen LogP contribution in [0.3, 0.4) is 0 Å². The Kier molecular flexibility index (Phi) is 7.71. The molecule has 55 heavy (non-hydrogen) atoms. The molecule has 0 fully saturated rings. The van der Waals surface area contributed by atoms with Gasteiger partial charge < -0.3 is 14.0 Å². The van der Waals surface area contributed by atoms with Crippen molar-refractivity contribution in [3.8, 4) is 22.5 Å². The largest absolute Gasteiger partial charge is 0.311 e. The zero-order chi connectivity index (χ0) is 37.1. The lowest BCUT2D eigenvalue weighted by atomic mass is 9.86. The van der Waals surface area contributed by atoms with Crippen molar-refractivity contribution < 1.29 is 0 Å². The normalized spacial score (nSPS) is 11.9. The first-order valence-electron chi connectivity index (χ1n) is 19.1. The van der Waals surface area contributed by atoms with Gasteiger partial charge in [0.15, 0.2) is 0 Å². The zero-order valence-corrected chi connectivity index (χ0v) is 31.3. The summed E-state index contributed by atoms with van der Waals surface area (Å²) in [5.41, 5.74) is 14.3. The second-order valence-electron chi connectivity index (χ2n) is 15.5. The quantitative estimate of drug-likeness (QED) is 0.168. The van der Waals surface area contributed by atoms with Gasteiger partial charge in [-0.15, -0.1) is 0 Å². The van der Waals surface area contributed by atoms with Crippen LogP contribution in [0.1, 0.15) is 26.3 Å². The van der Waals surface area contributed by atoms with Crippen LogP contribution >= 0.6 is 0 Å². The molecule has 3 nitrogen and oxygen atoms in total. The van der Waals surface area contributed by atoms with Crippen molar-refractivity contribution in [2.75, 3.05) is 4.90 Å². The fraction of sp³-hybridized carbons (Fsp3) is 0.0769. The van der Waals surface area contributed by atoms with Gasteiger partial charge in [0.2, 0.25) is 0 Å². The van der Waals surface area contributed by atoms with Crippen LogP contribution in [0, 0.1) is 0 Å². The molecule has 0 N–H and O–H groups in total. The summed E-state index contributed by atoms with van der Waals surface area (Å²) >= 11 is 0. The Morgan fingerprint density at radius 3 is 1.38 bits per heavy atom. The molecule has 264 valence electrons. The molecule has 0 saturated heterocycles. The number of nitrogens with zero attached hydrogens (tertiary/aromatic N) is 3. The summed E-state index contributed by atoms with van der Waals surface area (Å²) < 4.78 is 4.77. The molecule has 0 saturated carbocycles. The molecule has 2 aromatic heterocycles. The van der Waals surface area contributed by atoms with Gasteiger partial charge in [-0.05, 0) is 119 Å². The Bertz CT molecular complexity index is 2980. The third kappa shape index (κ3) is 5.59. The van der Waals surface area contributed by atoms with Gasteiger partial charge in [0, 0.05) is 50.0 Å². The van der Waals surface area contributed by atoms with Crippen LogP contribution in [0.2, 0.25) is 0 Å². The van der Waals surface area contributed by atoms with Gasteiger partial charge in [-0.25, -0.2) is 0 Å². The topological polar surface area (TPSA) is 13.1 Å². The second-order valence-corrected chi connectivity index (χ2v) is 15.5. The van der Waals surface area contributed by atoms with Crippen LogP contribution < -0.4 is 4.90 Å². The molecule has 0 amide bonds. The minimum Gasteiger partial charge on any atom is -0.311 e. The Hall–Kier alpha value is -6.84. The predicted octanol–water partition coefficient (Wildman–Crippen LogP) is 14.3. The number of rotatable bonds is 6. The molecule has 8 aromatic carbocycles. The lowest BCUT2D eigenvalue weighted by Gasteiger charge is -2.26. The number of anilines is 3. The Morgan fingerprint density at radius 2 is 0.782 bits per heavy atom. The first-order valence-corrected chi connectivity index (χ1v) is 19.1. The molecule has 0 unspecified atom stereocenters. The van der Waals surface area contributed by atoms with Crippen LogP contribution in [0.4, 0.5) is 17.1 Å². The average molecular weight is 708 g/mol. The number of fused-ring (bicyclic) bond motifs is 6. The summed E-state index contributed by atoms with van der Waals surface area (Å²) in [6.07, 6.45) is 0. The number of benzene rings is 8. The fourth-order valence-electron chi connectivity index (χ4n) is 8.30. The van der Waals surface area contributed by atoms with Gasteiger partial charge >= 0.3 is 0 Å². The van der Waals surface area contributed by atoms with Crippen LogP contribution in [0.5, 0.6) is 0 Å². The van der Waals surface area contributed by atoms with Gasteiger partial charge in [0.05, 0.1) is 22.1 Å². The Balaban J connectivity index is 1.03. The van der Waals surface area contributed by atoms with Gasteiger partial charge in [0.1, 0.15) is 0 Å². The maximum atomic E-state index is 2.40. The summed E-state index contributed by atoms with van der Waals surface area (Å²) in [5, 5.41) is 5.08. The van der Waals surface area contributed by atoms with Gasteiger partial charge in [-0.3, -0.25) is 0 Å². The van der Waals surface area contributed by atoms with E-state index in [2.05, 4.69) is 229 Å². The van der Waals surface area contributed by atoms with Crippen molar-refractivity contribution in [1.82, 2.24) is 9.13 Å². The van der Waals surface area contributed by atoms with E-state index in [4.69, 9.17) is 0 Å². The van der Waals surface area contributed by atoms with Crippen LogP contribution in [-0.4, -0.2) is 9.13 Å². The zero-order valence-electron chi connectivity index (χ0n) is 31.3. The van der Waals surface area contributed by atoms with Gasteiger partial charge in [-0.2, -0.15) is 0 Å². The molecule has 0 aliphatic heterocycles. The molecule has 0 aliphatic carbocycles. The van der Waals surface area contributed by atoms with Crippen LogP contribution in [0.25, 0.3) is 66.1 Å². The first kappa shape index (κ1) is 32.8. The predicted molar refractivity (Wildman–Crippen MR) is 234 cm³/mol. The smallest absolute Gasteiger partial charge is 0.0541 e. The van der Waals surface area contributed by atoms with Crippen molar-refractivity contribution in [2.24, 2.45) is 0 Å². The summed E-state index contributed by atoms with van der Waals surface area (Å²) in [5.74, 6) is 0. The number of aromatic nitrogens is 2. The first-order chi connectivity index (χ1) is 26.9. The van der Waals surface area contributed by atoms with E-state index in [-0.39, 0.29) is 5.41 Å². The number of para-hydroxylation sites is 4. The molecule has 10 aromatic rings. The van der Waals surface area contributed by atoms with Crippen LogP contribution in [0.15, 0.2) is 194 Å². The van der Waals surface area contributed by atoms with E-state index in [1.54, 1.807) is 0 Å². The minimum absolute atomic E-state index is 0.0793. The fourth-order valence-corrected chi connectivity index (χ4v) is 8.30. The molecule has 10 rings (SSSR count). The van der Waals surface area contributed by atoms with Gasteiger partial charge in [0.25, 0.3) is 0 Å². The molecule has 2 heterocycles. The maximum absolute atomic E-state index is 2.40. The molecule has 0 bridgehead atoms. The third-order valence-corrected chi connectivity index (χ3v) is 11.1. The average Bonchev–Trinajstić information content (AvgIpc) is 3.74. The summed E-state index contributed by atoms with van der Waals surface area (Å²) in [7, 11) is 0. The molecule has 0 aliphatic rings. The second kappa shape index (κ2) is 12.9. The summed E-state index contributed by atoms with van der Waals surface area (Å²) in [6.45, 7) is 6.84. The SMILES string of the molecule is CC(C)(C)c1ccc2c(c1)c1ccccc1n2-c1ccc(N(c2ccccc2)c2ccc(-c3ccc4c(c3)c3ccccc3n4-c3ccccc3)cc2)cc1. The van der Waals surface area contributed by atoms with Crippen molar-refractivity contribution in [1.29, 1.82) is 0 Å². The van der Waals surface area contributed by atoms with E-state index in [0.717, 1.165) is 22.7 Å². The van der Waals surface area contributed by atoms with Crippen molar-refractivity contribution in [2.45, 2.75) is 26.2 Å². The van der Waals surface area contributed by atoms with Crippen LogP contribution in [-0.2, 0) is 5.41 Å². The van der Waals surface area contributed by atoms with Gasteiger partial charge in [-0.1, -0.05) is 118 Å². The number of hydrogen-bond acceptors (Lipinski definition) is 1.